The molecule has 1 aliphatic rings. The van der Waals surface area contributed by atoms with Crippen molar-refractivity contribution >= 4 is 17.6 Å². The Morgan fingerprint density at radius 3 is 2.68 bits per heavy atom. The fourth-order valence-corrected chi connectivity index (χ4v) is 2.38. The van der Waals surface area contributed by atoms with Gasteiger partial charge in [-0.25, -0.2) is 9.78 Å². The van der Waals surface area contributed by atoms with E-state index in [4.69, 9.17) is 10.5 Å². The number of hydrogen-bond donors (Lipinski definition) is 3. The molecule has 8 heteroatoms. The number of nitrogens with two attached hydrogens (primary N) is 1. The van der Waals surface area contributed by atoms with Crippen molar-refractivity contribution in [3.8, 4) is 5.88 Å². The maximum atomic E-state index is 11.9. The molecule has 0 radical (unpaired) electrons. The minimum Gasteiger partial charge on any atom is -0.481 e. The number of methoxy groups -OCH3 is 1. The van der Waals surface area contributed by atoms with Gasteiger partial charge < -0.3 is 21.1 Å². The highest BCUT2D eigenvalue weighted by Gasteiger charge is 2.21. The van der Waals surface area contributed by atoms with Crippen molar-refractivity contribution in [2.24, 2.45) is 5.73 Å². The van der Waals surface area contributed by atoms with Crippen LogP contribution in [-0.4, -0.2) is 54.6 Å². The zero-order chi connectivity index (χ0) is 15.9. The Labute approximate surface area is 129 Å². The first kappa shape index (κ1) is 16.0. The Kier molecular flexibility index (Phi) is 5.54. The normalized spacial score (nSPS) is 16.0. The van der Waals surface area contributed by atoms with Crippen LogP contribution < -0.4 is 21.1 Å². The van der Waals surface area contributed by atoms with Gasteiger partial charge in [-0.3, -0.25) is 9.69 Å². The maximum absolute atomic E-state index is 11.9. The molecule has 0 spiro atoms. The van der Waals surface area contributed by atoms with E-state index in [-0.39, 0.29) is 24.5 Å². The third kappa shape index (κ3) is 4.88. The van der Waals surface area contributed by atoms with Crippen molar-refractivity contribution in [3.63, 3.8) is 0 Å². The van der Waals surface area contributed by atoms with Gasteiger partial charge in [0.25, 0.3) is 0 Å². The third-order valence-electron chi connectivity index (χ3n) is 3.51. The van der Waals surface area contributed by atoms with E-state index in [0.29, 0.717) is 11.6 Å². The second kappa shape index (κ2) is 7.60. The SMILES string of the molecule is COc1ccc(NC(=O)NC2CCN(CC(N)=O)CC2)cn1. The molecule has 8 nitrogen and oxygen atoms in total. The third-order valence-corrected chi connectivity index (χ3v) is 3.51. The van der Waals surface area contributed by atoms with Gasteiger partial charge in [-0.2, -0.15) is 0 Å². The van der Waals surface area contributed by atoms with Gasteiger partial charge in [-0.15, -0.1) is 0 Å². The predicted octanol–water partition coefficient (Wildman–Crippen LogP) is 0.161. The van der Waals surface area contributed by atoms with Crippen LogP contribution in [0.4, 0.5) is 10.5 Å². The number of aromatic nitrogens is 1. The summed E-state index contributed by atoms with van der Waals surface area (Å²) in [6.45, 7) is 1.77. The molecule has 120 valence electrons. The molecule has 0 saturated carbocycles. The van der Waals surface area contributed by atoms with E-state index in [1.54, 1.807) is 12.1 Å². The average molecular weight is 307 g/mol. The number of nitrogens with one attached hydrogen (secondary N) is 2. The molecular formula is C14H21N5O3. The van der Waals surface area contributed by atoms with Crippen LogP contribution in [0.1, 0.15) is 12.8 Å². The maximum Gasteiger partial charge on any atom is 0.319 e. The average Bonchev–Trinajstić information content (AvgIpc) is 2.49. The standard InChI is InChI=1S/C14H21N5O3/c1-22-13-3-2-11(8-16-13)18-14(21)17-10-4-6-19(7-5-10)9-12(15)20/h2-3,8,10H,4-7,9H2,1H3,(H2,15,20)(H2,17,18,21). The van der Waals surface area contributed by atoms with Gasteiger partial charge in [-0.1, -0.05) is 0 Å². The Bertz CT molecular complexity index is 512. The van der Waals surface area contributed by atoms with Gasteiger partial charge in [0.2, 0.25) is 11.8 Å². The summed E-state index contributed by atoms with van der Waals surface area (Å²) in [6.07, 6.45) is 3.12. The van der Waals surface area contributed by atoms with E-state index in [1.165, 1.54) is 13.3 Å². The molecule has 0 aromatic carbocycles. The number of anilines is 1. The van der Waals surface area contributed by atoms with E-state index in [0.717, 1.165) is 25.9 Å². The lowest BCUT2D eigenvalue weighted by Gasteiger charge is -2.31. The van der Waals surface area contributed by atoms with Gasteiger partial charge in [0.1, 0.15) is 0 Å². The van der Waals surface area contributed by atoms with Crippen molar-refractivity contribution in [2.45, 2.75) is 18.9 Å². The van der Waals surface area contributed by atoms with E-state index in [1.807, 2.05) is 4.90 Å². The Hall–Kier alpha value is -2.35. The smallest absolute Gasteiger partial charge is 0.319 e. The van der Waals surface area contributed by atoms with Crippen molar-refractivity contribution < 1.29 is 14.3 Å². The molecular weight excluding hydrogens is 286 g/mol. The highest BCUT2D eigenvalue weighted by molar-refractivity contribution is 5.89. The van der Waals surface area contributed by atoms with Crippen LogP contribution in [0.25, 0.3) is 0 Å². The fraction of sp³-hybridized carbons (Fsp3) is 0.500. The first-order valence-corrected chi connectivity index (χ1v) is 7.15. The van der Waals surface area contributed by atoms with Crippen molar-refractivity contribution in [2.75, 3.05) is 32.1 Å². The number of carbonyl (C=O) groups is 2. The first-order valence-electron chi connectivity index (χ1n) is 7.15. The van der Waals surface area contributed by atoms with Crippen LogP contribution in [0, 0.1) is 0 Å². The minimum atomic E-state index is -0.323. The van der Waals surface area contributed by atoms with Gasteiger partial charge in [-0.05, 0) is 18.9 Å². The lowest BCUT2D eigenvalue weighted by molar-refractivity contribution is -0.119. The molecule has 3 amide bonds. The van der Waals surface area contributed by atoms with E-state index in [2.05, 4.69) is 15.6 Å². The van der Waals surface area contributed by atoms with Gasteiger partial charge in [0, 0.05) is 25.2 Å². The molecule has 4 N–H and O–H groups in total. The van der Waals surface area contributed by atoms with E-state index < -0.39 is 0 Å². The summed E-state index contributed by atoms with van der Waals surface area (Å²) in [5, 5.41) is 5.65. The number of rotatable bonds is 5. The summed E-state index contributed by atoms with van der Waals surface area (Å²) >= 11 is 0. The number of primary amides is 1. The van der Waals surface area contributed by atoms with E-state index >= 15 is 0 Å². The zero-order valence-electron chi connectivity index (χ0n) is 12.5. The molecule has 22 heavy (non-hydrogen) atoms. The Balaban J connectivity index is 1.74. The second-order valence-corrected chi connectivity index (χ2v) is 5.20. The lowest BCUT2D eigenvalue weighted by Crippen LogP contribution is -2.47. The molecule has 1 aromatic rings. The molecule has 2 heterocycles. The summed E-state index contributed by atoms with van der Waals surface area (Å²) in [7, 11) is 1.53. The van der Waals surface area contributed by atoms with Crippen LogP contribution in [0.5, 0.6) is 5.88 Å². The number of ether oxygens (including phenoxy) is 1. The first-order chi connectivity index (χ1) is 10.6. The molecule has 1 aromatic heterocycles. The van der Waals surface area contributed by atoms with Gasteiger partial charge in [0.15, 0.2) is 0 Å². The molecule has 1 fully saturated rings. The van der Waals surface area contributed by atoms with Gasteiger partial charge >= 0.3 is 6.03 Å². The largest absolute Gasteiger partial charge is 0.481 e. The van der Waals surface area contributed by atoms with Crippen LogP contribution >= 0.6 is 0 Å². The predicted molar refractivity (Wildman–Crippen MR) is 81.6 cm³/mol. The Morgan fingerprint density at radius 2 is 2.14 bits per heavy atom. The molecule has 2 rings (SSSR count). The lowest BCUT2D eigenvalue weighted by atomic mass is 10.1. The van der Waals surface area contributed by atoms with Gasteiger partial charge in [0.05, 0.1) is 25.5 Å². The highest BCUT2D eigenvalue weighted by atomic mass is 16.5. The Morgan fingerprint density at radius 1 is 1.41 bits per heavy atom. The topological polar surface area (TPSA) is 110 Å². The molecule has 1 saturated heterocycles. The summed E-state index contributed by atoms with van der Waals surface area (Å²) in [6, 6.07) is 3.23. The number of likely N-dealkylation sites (tertiary alicyclic amines) is 1. The van der Waals surface area contributed by atoms with E-state index in [9.17, 15) is 9.59 Å². The zero-order valence-corrected chi connectivity index (χ0v) is 12.5. The van der Waals surface area contributed by atoms with Crippen molar-refractivity contribution in [1.82, 2.24) is 15.2 Å². The van der Waals surface area contributed by atoms with Crippen LogP contribution in [-0.2, 0) is 4.79 Å². The molecule has 0 bridgehead atoms. The summed E-state index contributed by atoms with van der Waals surface area (Å²) in [4.78, 5) is 28.8. The summed E-state index contributed by atoms with van der Waals surface area (Å²) in [5.74, 6) is 0.170. The molecule has 0 unspecified atom stereocenters. The molecule has 0 aliphatic carbocycles. The summed E-state index contributed by atoms with van der Waals surface area (Å²) in [5.41, 5.74) is 5.77. The number of nitrogens with zero attached hydrogens (tertiary/aromatic N) is 2. The number of amides is 3. The van der Waals surface area contributed by atoms with Crippen LogP contribution in [0.15, 0.2) is 18.3 Å². The quantitative estimate of drug-likeness (QED) is 0.718. The monoisotopic (exact) mass is 307 g/mol. The number of pyridine rings is 1. The summed E-state index contributed by atoms with van der Waals surface area (Å²) < 4.78 is 4.96. The second-order valence-electron chi connectivity index (χ2n) is 5.20. The fourth-order valence-electron chi connectivity index (χ4n) is 2.38. The number of urea groups is 1. The van der Waals surface area contributed by atoms with Crippen LogP contribution in [0.3, 0.4) is 0 Å². The minimum absolute atomic E-state index is 0.0929. The van der Waals surface area contributed by atoms with Crippen molar-refractivity contribution in [1.29, 1.82) is 0 Å². The van der Waals surface area contributed by atoms with Crippen molar-refractivity contribution in [3.05, 3.63) is 18.3 Å². The van der Waals surface area contributed by atoms with Crippen LogP contribution in [0.2, 0.25) is 0 Å². The number of hydrogen-bond acceptors (Lipinski definition) is 5. The molecule has 0 atom stereocenters. The highest BCUT2D eigenvalue weighted by Crippen LogP contribution is 2.12. The molecule has 1 aliphatic heterocycles. The number of piperidine rings is 1. The number of carbonyl (C=O) groups excluding carboxylic acids is 2.